The minimum Gasteiger partial charge on any atom is -0.458 e. The van der Waals surface area contributed by atoms with Crippen molar-refractivity contribution in [1.29, 1.82) is 0 Å². The fraction of sp³-hybridized carbons (Fsp3) is 0.215. The second-order valence-corrected chi connectivity index (χ2v) is 26.4. The van der Waals surface area contributed by atoms with Crippen LogP contribution < -0.4 is 9.30 Å². The van der Waals surface area contributed by atoms with Crippen LogP contribution in [0.15, 0.2) is 243 Å². The molecule has 12 rings (SSSR count). The summed E-state index contributed by atoms with van der Waals surface area (Å²) in [6, 6.07) is 85.9. The van der Waals surface area contributed by atoms with E-state index in [1.807, 2.05) is 6.20 Å². The van der Waals surface area contributed by atoms with Gasteiger partial charge in [-0.25, -0.2) is 4.98 Å². The average molecular weight is 1100 g/mol. The standard InChI is InChI=1S/C79H76N4O/c1-75(2,3)61-38-41-70-69(49-61)68-40-39-66(52-71(68)83(70)72-50-62(42-43-80-72)76(4,5)6)84-67-47-57(55-30-20-14-21-31-55)46-65(51-67)82-53-81(73(78(9,10)59-34-24-16-25-35-59)74(82)79(11,12)60-36-26-17-27-37-60)64-45-56(54-28-18-13-19-29-54)44-63(48-64)77(7,8)58-32-22-15-23-33-58/h13-52H,1-12H3. The van der Waals surface area contributed by atoms with Gasteiger partial charge in [0.25, 0.3) is 6.33 Å². The van der Waals surface area contributed by atoms with Gasteiger partial charge in [0.1, 0.15) is 17.3 Å². The lowest BCUT2D eigenvalue weighted by Gasteiger charge is -2.35. The number of benzene rings is 9. The van der Waals surface area contributed by atoms with Gasteiger partial charge in [-0.15, -0.1) is 0 Å². The number of imidazole rings is 1. The normalized spacial score (nSPS) is 12.5. The second-order valence-electron chi connectivity index (χ2n) is 26.4. The molecule has 0 radical (unpaired) electrons. The van der Waals surface area contributed by atoms with Crippen molar-refractivity contribution in [2.75, 3.05) is 0 Å². The van der Waals surface area contributed by atoms with Gasteiger partial charge in [-0.05, 0) is 133 Å². The molecule has 84 heavy (non-hydrogen) atoms. The van der Waals surface area contributed by atoms with Crippen LogP contribution in [0.25, 0.3) is 61.3 Å². The van der Waals surface area contributed by atoms with E-state index >= 15 is 0 Å². The maximum Gasteiger partial charge on any atom is 0.269 e. The van der Waals surface area contributed by atoms with Crippen LogP contribution in [-0.4, -0.2) is 14.1 Å². The Bertz CT molecular complexity index is 4340. The Hall–Kier alpha value is -9.06. The molecule has 0 bridgehead atoms. The van der Waals surface area contributed by atoms with E-state index < -0.39 is 10.8 Å². The molecular weight excluding hydrogens is 1020 g/mol. The Morgan fingerprint density at radius 3 is 1.50 bits per heavy atom. The molecule has 5 heteroatoms. The highest BCUT2D eigenvalue weighted by molar-refractivity contribution is 6.10. The van der Waals surface area contributed by atoms with Gasteiger partial charge in [0.15, 0.2) is 0 Å². The lowest BCUT2D eigenvalue weighted by molar-refractivity contribution is -0.611. The zero-order valence-corrected chi connectivity index (χ0v) is 50.8. The van der Waals surface area contributed by atoms with Crippen molar-refractivity contribution in [3.8, 4) is 50.9 Å². The van der Waals surface area contributed by atoms with E-state index in [2.05, 4.69) is 340 Å². The maximum atomic E-state index is 7.31. The predicted octanol–water partition coefficient (Wildman–Crippen LogP) is 19.7. The molecule has 3 heterocycles. The van der Waals surface area contributed by atoms with Crippen LogP contribution in [0.1, 0.15) is 128 Å². The Morgan fingerprint density at radius 2 is 0.917 bits per heavy atom. The number of hydrogen-bond acceptors (Lipinski definition) is 2. The first-order valence-corrected chi connectivity index (χ1v) is 29.6. The van der Waals surface area contributed by atoms with Gasteiger partial charge in [-0.2, -0.15) is 0 Å². The molecule has 0 aliphatic rings. The molecule has 0 aliphatic carbocycles. The molecule has 0 saturated heterocycles. The molecule has 9 aromatic carbocycles. The summed E-state index contributed by atoms with van der Waals surface area (Å²) in [6.07, 6.45) is 6.11. The largest absolute Gasteiger partial charge is 0.458 e. The summed E-state index contributed by atoms with van der Waals surface area (Å²) in [7, 11) is 0. The van der Waals surface area contributed by atoms with Crippen molar-refractivity contribution < 1.29 is 9.30 Å². The summed E-state index contributed by atoms with van der Waals surface area (Å²) in [4.78, 5) is 5.05. The second kappa shape index (κ2) is 21.3. The number of pyridine rings is 1. The monoisotopic (exact) mass is 1100 g/mol. The van der Waals surface area contributed by atoms with E-state index in [1.54, 1.807) is 0 Å². The fourth-order valence-electron chi connectivity index (χ4n) is 12.3. The smallest absolute Gasteiger partial charge is 0.269 e. The molecule has 0 amide bonds. The topological polar surface area (TPSA) is 35.9 Å². The van der Waals surface area contributed by atoms with Gasteiger partial charge in [-0.1, -0.05) is 247 Å². The van der Waals surface area contributed by atoms with Crippen molar-refractivity contribution in [2.45, 2.75) is 110 Å². The third kappa shape index (κ3) is 10.4. The third-order valence-electron chi connectivity index (χ3n) is 17.5. The molecular formula is C79H76N4O. The van der Waals surface area contributed by atoms with Crippen molar-refractivity contribution in [3.63, 3.8) is 0 Å². The van der Waals surface area contributed by atoms with E-state index in [9.17, 15) is 0 Å². The van der Waals surface area contributed by atoms with E-state index in [4.69, 9.17) is 9.72 Å². The number of hydrogen-bond donors (Lipinski definition) is 0. The first kappa shape index (κ1) is 55.5. The van der Waals surface area contributed by atoms with Gasteiger partial charge in [-0.3, -0.25) is 13.7 Å². The van der Waals surface area contributed by atoms with Crippen LogP contribution in [-0.2, 0) is 27.1 Å². The minimum absolute atomic E-state index is 0.0311. The predicted molar refractivity (Wildman–Crippen MR) is 349 cm³/mol. The number of aromatic nitrogens is 4. The number of ether oxygens (including phenoxy) is 1. The lowest BCUT2D eigenvalue weighted by Crippen LogP contribution is -2.43. The lowest BCUT2D eigenvalue weighted by atomic mass is 9.73. The fourth-order valence-corrected chi connectivity index (χ4v) is 12.3. The molecule has 0 fully saturated rings. The first-order chi connectivity index (χ1) is 40.2. The van der Waals surface area contributed by atoms with Crippen LogP contribution in [0.3, 0.4) is 0 Å². The Kier molecular flexibility index (Phi) is 14.1. The van der Waals surface area contributed by atoms with Crippen LogP contribution in [0, 0.1) is 6.33 Å². The molecule has 418 valence electrons. The van der Waals surface area contributed by atoms with Crippen LogP contribution in [0.2, 0.25) is 0 Å². The van der Waals surface area contributed by atoms with E-state index in [-0.39, 0.29) is 16.2 Å². The highest BCUT2D eigenvalue weighted by Gasteiger charge is 2.40. The summed E-state index contributed by atoms with van der Waals surface area (Å²) >= 11 is 0. The van der Waals surface area contributed by atoms with E-state index in [1.165, 1.54) is 38.8 Å². The number of fused-ring (bicyclic) bond motifs is 3. The maximum absolute atomic E-state index is 7.31. The van der Waals surface area contributed by atoms with E-state index in [0.717, 1.165) is 73.0 Å². The molecule has 0 aliphatic heterocycles. The Morgan fingerprint density at radius 1 is 0.381 bits per heavy atom. The van der Waals surface area contributed by atoms with Crippen molar-refractivity contribution in [3.05, 3.63) is 294 Å². The highest BCUT2D eigenvalue weighted by atomic mass is 16.5. The van der Waals surface area contributed by atoms with Crippen LogP contribution in [0.4, 0.5) is 0 Å². The summed E-state index contributed by atoms with van der Waals surface area (Å²) in [5.74, 6) is 2.30. The quantitative estimate of drug-likeness (QED) is 0.0852. The Balaban J connectivity index is 1.13. The zero-order valence-electron chi connectivity index (χ0n) is 50.8. The summed E-state index contributed by atoms with van der Waals surface area (Å²) < 4.78 is 14.3. The third-order valence-corrected chi connectivity index (χ3v) is 17.5. The van der Waals surface area contributed by atoms with Crippen LogP contribution >= 0.6 is 0 Å². The molecule has 5 nitrogen and oxygen atoms in total. The van der Waals surface area contributed by atoms with Gasteiger partial charge in [0.05, 0.1) is 33.8 Å². The number of nitrogens with zero attached hydrogens (tertiary/aromatic N) is 4. The van der Waals surface area contributed by atoms with Crippen molar-refractivity contribution in [1.82, 2.24) is 14.1 Å². The number of rotatable bonds is 13. The molecule has 0 unspecified atom stereocenters. The molecule has 12 aromatic rings. The van der Waals surface area contributed by atoms with Crippen molar-refractivity contribution in [2.24, 2.45) is 0 Å². The van der Waals surface area contributed by atoms with Crippen LogP contribution in [0.5, 0.6) is 11.5 Å². The summed E-state index contributed by atoms with van der Waals surface area (Å²) in [6.45, 7) is 27.8. The van der Waals surface area contributed by atoms with E-state index in [0.29, 0.717) is 5.75 Å². The van der Waals surface area contributed by atoms with Crippen molar-refractivity contribution >= 4 is 21.8 Å². The minimum atomic E-state index is -0.568. The zero-order chi connectivity index (χ0) is 58.8. The SMILES string of the molecule is CC(C)(C)c1ccnc(-n2c3ccc(C(C)(C)C)cc3c3ccc(Oc4cc(-c5ccccc5)cc(-n5[c-][n+](-c6cc(-c7ccccc7)cc(C(C)(C)c7ccccc7)c6)c(C(C)(C)c6ccccc6)c5C(C)(C)c5ccccc5)c4)cc32)c1. The Labute approximate surface area is 497 Å². The van der Waals surface area contributed by atoms with Gasteiger partial charge >= 0.3 is 0 Å². The summed E-state index contributed by atoms with van der Waals surface area (Å²) in [5.41, 5.74) is 16.5. The van der Waals surface area contributed by atoms with Gasteiger partial charge < -0.3 is 4.74 Å². The molecule has 0 saturated carbocycles. The highest BCUT2D eigenvalue weighted by Crippen LogP contribution is 2.45. The average Bonchev–Trinajstić information content (AvgIpc) is 2.24. The molecule has 0 spiro atoms. The first-order valence-electron chi connectivity index (χ1n) is 29.6. The van der Waals surface area contributed by atoms with Gasteiger partial charge in [0.2, 0.25) is 0 Å². The van der Waals surface area contributed by atoms with Gasteiger partial charge in [0, 0.05) is 39.3 Å². The molecule has 0 atom stereocenters. The molecule has 3 aromatic heterocycles. The summed E-state index contributed by atoms with van der Waals surface area (Å²) in [5, 5.41) is 2.33. The molecule has 0 N–H and O–H groups in total.